The van der Waals surface area contributed by atoms with Crippen LogP contribution in [0.3, 0.4) is 0 Å². The van der Waals surface area contributed by atoms with Gasteiger partial charge < -0.3 is 19.4 Å². The molecule has 170 valence electrons. The maximum absolute atomic E-state index is 13.2. The molecule has 1 unspecified atom stereocenters. The van der Waals surface area contributed by atoms with Crippen molar-refractivity contribution in [3.05, 3.63) is 105 Å². The average Bonchev–Trinajstić information content (AvgIpc) is 3.25. The van der Waals surface area contributed by atoms with E-state index in [0.717, 1.165) is 33.6 Å². The van der Waals surface area contributed by atoms with Crippen molar-refractivity contribution in [1.82, 2.24) is 19.7 Å². The molecule has 0 bridgehead atoms. The van der Waals surface area contributed by atoms with Gasteiger partial charge in [0, 0.05) is 47.5 Å². The van der Waals surface area contributed by atoms with Crippen molar-refractivity contribution in [2.45, 2.75) is 47.0 Å². The molecule has 33 heavy (non-hydrogen) atoms. The third-order valence-electron chi connectivity index (χ3n) is 5.92. The molecule has 0 fully saturated rings. The first kappa shape index (κ1) is 22.5. The van der Waals surface area contributed by atoms with Gasteiger partial charge in [0.05, 0.1) is 18.4 Å². The van der Waals surface area contributed by atoms with Crippen LogP contribution in [0.4, 0.5) is 0 Å². The normalized spacial score (nSPS) is 12.1. The van der Waals surface area contributed by atoms with Gasteiger partial charge in [0.15, 0.2) is 0 Å². The summed E-state index contributed by atoms with van der Waals surface area (Å²) >= 11 is 0. The Labute approximate surface area is 192 Å². The maximum Gasteiger partial charge on any atom is 0.253 e. The molecule has 0 radical (unpaired) electrons. The topological polar surface area (TPSA) is 88.5 Å². The highest BCUT2D eigenvalue weighted by atomic mass is 16.5. The Hall–Kier alpha value is -3.71. The van der Waals surface area contributed by atoms with Gasteiger partial charge in [0.2, 0.25) is 0 Å². The molecule has 0 aliphatic rings. The summed E-state index contributed by atoms with van der Waals surface area (Å²) in [5.74, 6) is -0.224. The van der Waals surface area contributed by atoms with Gasteiger partial charge in [-0.25, -0.2) is 0 Å². The number of carbonyl (C=O) groups excluding carboxylic acids is 1. The van der Waals surface area contributed by atoms with E-state index in [1.165, 1.54) is 0 Å². The van der Waals surface area contributed by atoms with Crippen LogP contribution in [0.15, 0.2) is 59.8 Å². The summed E-state index contributed by atoms with van der Waals surface area (Å²) in [6.07, 6.45) is 5.21. The van der Waals surface area contributed by atoms with Crippen LogP contribution in [0, 0.1) is 20.8 Å². The van der Waals surface area contributed by atoms with Crippen molar-refractivity contribution in [2.24, 2.45) is 0 Å². The number of nitrogens with one attached hydrogen (secondary N) is 2. The van der Waals surface area contributed by atoms with Crippen LogP contribution in [-0.4, -0.2) is 20.3 Å². The maximum atomic E-state index is 13.2. The molecule has 4 aromatic heterocycles. The zero-order valence-corrected chi connectivity index (χ0v) is 19.3. The van der Waals surface area contributed by atoms with Gasteiger partial charge >= 0.3 is 0 Å². The average molecular weight is 445 g/mol. The molecule has 0 saturated carbocycles. The molecular weight excluding hydrogens is 416 g/mol. The van der Waals surface area contributed by atoms with E-state index in [4.69, 9.17) is 4.74 Å². The predicted molar refractivity (Wildman–Crippen MR) is 127 cm³/mol. The van der Waals surface area contributed by atoms with E-state index in [2.05, 4.69) is 19.7 Å². The third-order valence-corrected chi connectivity index (χ3v) is 5.92. The van der Waals surface area contributed by atoms with Crippen molar-refractivity contribution in [1.29, 1.82) is 0 Å². The fourth-order valence-corrected chi connectivity index (χ4v) is 4.19. The first-order valence-corrected chi connectivity index (χ1v) is 10.9. The number of pyridine rings is 3. The van der Waals surface area contributed by atoms with Crippen LogP contribution >= 0.6 is 0 Å². The molecule has 0 aliphatic heterocycles. The van der Waals surface area contributed by atoms with E-state index < -0.39 is 0 Å². The van der Waals surface area contributed by atoms with E-state index in [1.54, 1.807) is 12.4 Å². The van der Waals surface area contributed by atoms with Gasteiger partial charge in [-0.1, -0.05) is 0 Å². The Kier molecular flexibility index (Phi) is 6.42. The van der Waals surface area contributed by atoms with E-state index in [0.29, 0.717) is 17.7 Å². The first-order chi connectivity index (χ1) is 15.8. The molecule has 2 N–H and O–H groups in total. The molecule has 7 heteroatoms. The number of hydrogen-bond acceptors (Lipinski definition) is 4. The summed E-state index contributed by atoms with van der Waals surface area (Å²) in [7, 11) is 0. The van der Waals surface area contributed by atoms with Crippen LogP contribution in [0.5, 0.6) is 0 Å². The lowest BCUT2D eigenvalue weighted by molar-refractivity contribution is 0.0485. The third kappa shape index (κ3) is 4.73. The van der Waals surface area contributed by atoms with Crippen molar-refractivity contribution in [3.63, 3.8) is 0 Å². The molecule has 0 aliphatic carbocycles. The lowest BCUT2D eigenvalue weighted by Gasteiger charge is -2.21. The van der Waals surface area contributed by atoms with Crippen molar-refractivity contribution in [3.8, 4) is 0 Å². The number of hydrogen-bond donors (Lipinski definition) is 2. The Balaban J connectivity index is 1.60. The summed E-state index contributed by atoms with van der Waals surface area (Å²) in [5, 5.41) is 2.92. The van der Waals surface area contributed by atoms with Crippen molar-refractivity contribution < 1.29 is 9.53 Å². The highest BCUT2D eigenvalue weighted by Crippen LogP contribution is 2.27. The SMILES string of the molecule is Cc1cc(C)c(CNC(=O)c2cc3cccn3c(C(C)OCc3ccncc3)c2C)c(=O)[nH]1. The minimum absolute atomic E-state index is 0.162. The smallest absolute Gasteiger partial charge is 0.253 e. The standard InChI is InChI=1S/C26H28N4O3/c1-16-12-17(2)29-26(32)23(16)14-28-25(31)22-13-21-6-5-11-30(21)24(18(22)3)19(4)33-15-20-7-9-27-10-8-20/h5-13,19H,14-15H2,1-4H3,(H,28,31)(H,29,32). The zero-order chi connectivity index (χ0) is 23.5. The van der Waals surface area contributed by atoms with Gasteiger partial charge in [0.25, 0.3) is 11.5 Å². The minimum atomic E-state index is -0.247. The molecule has 1 atom stereocenters. The second-order valence-corrected chi connectivity index (χ2v) is 8.31. The van der Waals surface area contributed by atoms with Crippen molar-refractivity contribution in [2.75, 3.05) is 0 Å². The van der Waals surface area contributed by atoms with Gasteiger partial charge in [-0.15, -0.1) is 0 Å². The quantitative estimate of drug-likeness (QED) is 0.448. The molecule has 0 spiro atoms. The minimum Gasteiger partial charge on any atom is -0.368 e. The number of amides is 1. The highest BCUT2D eigenvalue weighted by molar-refractivity contribution is 5.97. The Morgan fingerprint density at radius 3 is 2.67 bits per heavy atom. The number of H-pyrrole nitrogens is 1. The number of nitrogens with zero attached hydrogens (tertiary/aromatic N) is 2. The summed E-state index contributed by atoms with van der Waals surface area (Å²) < 4.78 is 8.21. The Bertz CT molecular complexity index is 1360. The molecular formula is C26H28N4O3. The molecule has 4 rings (SSSR count). The van der Waals surface area contributed by atoms with Crippen LogP contribution in [0.1, 0.15) is 57.0 Å². The molecule has 4 heterocycles. The second kappa shape index (κ2) is 9.42. The van der Waals surface area contributed by atoms with Gasteiger partial charge in [-0.3, -0.25) is 14.6 Å². The number of carbonyl (C=O) groups is 1. The van der Waals surface area contributed by atoms with Crippen LogP contribution < -0.4 is 10.9 Å². The van der Waals surface area contributed by atoms with Gasteiger partial charge in [-0.2, -0.15) is 0 Å². The number of aromatic amines is 1. The van der Waals surface area contributed by atoms with Crippen LogP contribution in [-0.2, 0) is 17.9 Å². The molecule has 7 nitrogen and oxygen atoms in total. The number of aryl methyl sites for hydroxylation is 2. The van der Waals surface area contributed by atoms with E-state index in [-0.39, 0.29) is 24.1 Å². The lowest BCUT2D eigenvalue weighted by atomic mass is 10.0. The Morgan fingerprint density at radius 1 is 1.18 bits per heavy atom. The Morgan fingerprint density at radius 2 is 1.94 bits per heavy atom. The second-order valence-electron chi connectivity index (χ2n) is 8.31. The van der Waals surface area contributed by atoms with E-state index in [9.17, 15) is 9.59 Å². The predicted octanol–water partition coefficient (Wildman–Crippen LogP) is 4.16. The molecule has 0 saturated heterocycles. The van der Waals surface area contributed by atoms with Crippen LogP contribution in [0.2, 0.25) is 0 Å². The summed E-state index contributed by atoms with van der Waals surface area (Å²) in [4.78, 5) is 32.3. The highest BCUT2D eigenvalue weighted by Gasteiger charge is 2.20. The first-order valence-electron chi connectivity index (χ1n) is 10.9. The van der Waals surface area contributed by atoms with Crippen LogP contribution in [0.25, 0.3) is 5.52 Å². The fraction of sp³-hybridized carbons (Fsp3) is 0.269. The summed E-state index contributed by atoms with van der Waals surface area (Å²) in [5.41, 5.74) is 6.30. The summed E-state index contributed by atoms with van der Waals surface area (Å²) in [6.45, 7) is 8.24. The van der Waals surface area contributed by atoms with Crippen molar-refractivity contribution >= 4 is 11.4 Å². The van der Waals surface area contributed by atoms with E-state index in [1.807, 2.05) is 70.3 Å². The zero-order valence-electron chi connectivity index (χ0n) is 19.3. The monoisotopic (exact) mass is 444 g/mol. The lowest BCUT2D eigenvalue weighted by Crippen LogP contribution is -2.29. The van der Waals surface area contributed by atoms with E-state index >= 15 is 0 Å². The number of ether oxygens (including phenoxy) is 1. The van der Waals surface area contributed by atoms with Gasteiger partial charge in [0.1, 0.15) is 0 Å². The number of rotatable bonds is 7. The van der Waals surface area contributed by atoms with Gasteiger partial charge in [-0.05, 0) is 80.8 Å². The molecule has 1 amide bonds. The molecule has 4 aromatic rings. The molecule has 0 aromatic carbocycles. The number of fused-ring (bicyclic) bond motifs is 1. The largest absolute Gasteiger partial charge is 0.368 e. The number of aromatic nitrogens is 3. The summed E-state index contributed by atoms with van der Waals surface area (Å²) in [6, 6.07) is 11.5. The fourth-order valence-electron chi connectivity index (χ4n) is 4.19.